The van der Waals surface area contributed by atoms with Gasteiger partial charge in [-0.2, -0.15) is 0 Å². The molecule has 11 heavy (non-hydrogen) atoms. The summed E-state index contributed by atoms with van der Waals surface area (Å²) in [5.74, 6) is 1.23. The molecule has 0 saturated carbocycles. The summed E-state index contributed by atoms with van der Waals surface area (Å²) in [5, 5.41) is 0. The number of nitrogens with two attached hydrogens (primary N) is 2. The van der Waals surface area contributed by atoms with Crippen molar-refractivity contribution >= 4 is 11.6 Å². The van der Waals surface area contributed by atoms with E-state index in [0.29, 0.717) is 11.6 Å². The minimum absolute atomic E-state index is 0.274. The topological polar surface area (TPSA) is 77.8 Å². The van der Waals surface area contributed by atoms with Crippen LogP contribution in [0, 0.1) is 0 Å². The van der Waals surface area contributed by atoms with Crippen LogP contribution in [-0.2, 0) is 0 Å². The van der Waals surface area contributed by atoms with Crippen molar-refractivity contribution in [1.29, 1.82) is 0 Å². The van der Waals surface area contributed by atoms with Gasteiger partial charge in [0.25, 0.3) is 0 Å². The van der Waals surface area contributed by atoms with E-state index in [4.69, 9.17) is 11.5 Å². The van der Waals surface area contributed by atoms with Gasteiger partial charge < -0.3 is 11.5 Å². The highest BCUT2D eigenvalue weighted by Gasteiger charge is 2.09. The second kappa shape index (κ2) is 2.74. The van der Waals surface area contributed by atoms with Crippen LogP contribution in [0.2, 0.25) is 0 Å². The van der Waals surface area contributed by atoms with Gasteiger partial charge in [-0.1, -0.05) is 13.8 Å². The third kappa shape index (κ3) is 1.39. The molecule has 4 nitrogen and oxygen atoms in total. The summed E-state index contributed by atoms with van der Waals surface area (Å²) in [6.07, 6.45) is 1.37. The number of anilines is 2. The van der Waals surface area contributed by atoms with Gasteiger partial charge in [0.05, 0.1) is 0 Å². The summed E-state index contributed by atoms with van der Waals surface area (Å²) < 4.78 is 0. The van der Waals surface area contributed by atoms with Crippen LogP contribution in [0.15, 0.2) is 6.33 Å². The molecule has 1 rings (SSSR count). The Morgan fingerprint density at radius 3 is 1.91 bits per heavy atom. The molecule has 0 aliphatic rings. The molecule has 1 aromatic rings. The van der Waals surface area contributed by atoms with E-state index in [1.807, 2.05) is 13.8 Å². The average Bonchev–Trinajstić information content (AvgIpc) is 1.85. The average molecular weight is 152 g/mol. The van der Waals surface area contributed by atoms with Gasteiger partial charge in [0.15, 0.2) is 0 Å². The van der Waals surface area contributed by atoms with Crippen molar-refractivity contribution in [3.05, 3.63) is 11.9 Å². The highest BCUT2D eigenvalue weighted by Crippen LogP contribution is 2.23. The quantitative estimate of drug-likeness (QED) is 0.622. The SMILES string of the molecule is CC(C)c1c(N)ncnc1N. The van der Waals surface area contributed by atoms with Crippen LogP contribution in [-0.4, -0.2) is 9.97 Å². The lowest BCUT2D eigenvalue weighted by molar-refractivity contribution is 0.856. The standard InChI is InChI=1S/C7H12N4/c1-4(2)5-6(8)10-3-11-7(5)9/h3-4H,1-2H3,(H4,8,9,10,11). The van der Waals surface area contributed by atoms with E-state index in [1.54, 1.807) is 0 Å². The van der Waals surface area contributed by atoms with Crippen molar-refractivity contribution in [3.63, 3.8) is 0 Å². The first-order chi connectivity index (χ1) is 5.13. The Morgan fingerprint density at radius 1 is 1.18 bits per heavy atom. The highest BCUT2D eigenvalue weighted by molar-refractivity contribution is 5.53. The molecule has 0 fully saturated rings. The number of aromatic nitrogens is 2. The molecule has 1 aromatic heterocycles. The van der Waals surface area contributed by atoms with Gasteiger partial charge in [-0.05, 0) is 5.92 Å². The predicted molar refractivity (Wildman–Crippen MR) is 44.9 cm³/mol. The number of hydrogen-bond donors (Lipinski definition) is 2. The summed E-state index contributed by atoms with van der Waals surface area (Å²) in [4.78, 5) is 7.70. The molecule has 0 radical (unpaired) electrons. The van der Waals surface area contributed by atoms with Gasteiger partial charge in [-0.25, -0.2) is 9.97 Å². The fraction of sp³-hybridized carbons (Fsp3) is 0.429. The summed E-state index contributed by atoms with van der Waals surface area (Å²) in [5.41, 5.74) is 12.0. The van der Waals surface area contributed by atoms with Gasteiger partial charge in [0.1, 0.15) is 18.0 Å². The van der Waals surface area contributed by atoms with Gasteiger partial charge in [-0.15, -0.1) is 0 Å². The fourth-order valence-electron chi connectivity index (χ4n) is 1.02. The molecule has 0 saturated heterocycles. The lowest BCUT2D eigenvalue weighted by Gasteiger charge is -2.09. The monoisotopic (exact) mass is 152 g/mol. The molecule has 0 aliphatic heterocycles. The van der Waals surface area contributed by atoms with Crippen molar-refractivity contribution in [2.75, 3.05) is 11.5 Å². The predicted octanol–water partition coefficient (Wildman–Crippen LogP) is 0.764. The van der Waals surface area contributed by atoms with Gasteiger partial charge >= 0.3 is 0 Å². The maximum atomic E-state index is 5.59. The maximum absolute atomic E-state index is 5.59. The number of nitrogens with zero attached hydrogens (tertiary/aromatic N) is 2. The van der Waals surface area contributed by atoms with Gasteiger partial charge in [0, 0.05) is 5.56 Å². The third-order valence-electron chi connectivity index (χ3n) is 1.52. The Hall–Kier alpha value is -1.32. The molecule has 0 unspecified atom stereocenters. The lowest BCUT2D eigenvalue weighted by atomic mass is 10.1. The fourth-order valence-corrected chi connectivity index (χ4v) is 1.02. The van der Waals surface area contributed by atoms with E-state index in [9.17, 15) is 0 Å². The number of hydrogen-bond acceptors (Lipinski definition) is 4. The Balaban J connectivity index is 3.21. The normalized spacial score (nSPS) is 10.5. The molecule has 0 atom stereocenters. The summed E-state index contributed by atoms with van der Waals surface area (Å²) >= 11 is 0. The van der Waals surface area contributed by atoms with E-state index in [1.165, 1.54) is 6.33 Å². The Bertz CT molecular complexity index is 236. The van der Waals surface area contributed by atoms with Crippen LogP contribution in [0.1, 0.15) is 25.3 Å². The van der Waals surface area contributed by atoms with Crippen LogP contribution in [0.3, 0.4) is 0 Å². The van der Waals surface area contributed by atoms with E-state index < -0.39 is 0 Å². The number of nitrogen functional groups attached to an aromatic ring is 2. The van der Waals surface area contributed by atoms with E-state index in [0.717, 1.165) is 5.56 Å². The van der Waals surface area contributed by atoms with Crippen LogP contribution in [0.4, 0.5) is 11.6 Å². The first-order valence-electron chi connectivity index (χ1n) is 3.48. The van der Waals surface area contributed by atoms with Crippen LogP contribution in [0.5, 0.6) is 0 Å². The molecule has 0 aromatic carbocycles. The number of rotatable bonds is 1. The van der Waals surface area contributed by atoms with E-state index >= 15 is 0 Å². The molecule has 4 N–H and O–H groups in total. The van der Waals surface area contributed by atoms with Gasteiger partial charge in [0.2, 0.25) is 0 Å². The Labute approximate surface area is 65.6 Å². The van der Waals surface area contributed by atoms with Crippen molar-refractivity contribution in [2.45, 2.75) is 19.8 Å². The van der Waals surface area contributed by atoms with E-state index in [2.05, 4.69) is 9.97 Å². The smallest absolute Gasteiger partial charge is 0.132 e. The van der Waals surface area contributed by atoms with Crippen LogP contribution >= 0.6 is 0 Å². The second-order valence-corrected chi connectivity index (χ2v) is 2.71. The Morgan fingerprint density at radius 2 is 1.64 bits per heavy atom. The molecule has 0 aliphatic carbocycles. The molecule has 60 valence electrons. The zero-order valence-corrected chi connectivity index (χ0v) is 6.70. The second-order valence-electron chi connectivity index (χ2n) is 2.71. The lowest BCUT2D eigenvalue weighted by Crippen LogP contribution is -2.05. The molecule has 0 amide bonds. The van der Waals surface area contributed by atoms with Crippen LogP contribution < -0.4 is 11.5 Å². The van der Waals surface area contributed by atoms with E-state index in [-0.39, 0.29) is 5.92 Å². The van der Waals surface area contributed by atoms with Gasteiger partial charge in [-0.3, -0.25) is 0 Å². The highest BCUT2D eigenvalue weighted by atomic mass is 15.0. The zero-order chi connectivity index (χ0) is 8.43. The molecule has 0 bridgehead atoms. The van der Waals surface area contributed by atoms with Crippen molar-refractivity contribution in [2.24, 2.45) is 0 Å². The minimum Gasteiger partial charge on any atom is -0.383 e. The third-order valence-corrected chi connectivity index (χ3v) is 1.52. The van der Waals surface area contributed by atoms with Crippen molar-refractivity contribution in [1.82, 2.24) is 9.97 Å². The molecular formula is C7H12N4. The van der Waals surface area contributed by atoms with Crippen LogP contribution in [0.25, 0.3) is 0 Å². The van der Waals surface area contributed by atoms with Crippen molar-refractivity contribution in [3.8, 4) is 0 Å². The summed E-state index contributed by atoms with van der Waals surface area (Å²) in [6.45, 7) is 4.01. The molecule has 1 heterocycles. The maximum Gasteiger partial charge on any atom is 0.132 e. The molecule has 0 spiro atoms. The molecular weight excluding hydrogens is 140 g/mol. The first kappa shape index (κ1) is 7.78. The largest absolute Gasteiger partial charge is 0.383 e. The first-order valence-corrected chi connectivity index (χ1v) is 3.48. The zero-order valence-electron chi connectivity index (χ0n) is 6.70. The van der Waals surface area contributed by atoms with Crippen molar-refractivity contribution < 1.29 is 0 Å². The summed E-state index contributed by atoms with van der Waals surface area (Å²) in [6, 6.07) is 0. The minimum atomic E-state index is 0.274. The molecule has 4 heteroatoms. The summed E-state index contributed by atoms with van der Waals surface area (Å²) in [7, 11) is 0. The Kier molecular flexibility index (Phi) is 1.94.